The fraction of sp³-hybridized carbons (Fsp3) is 0.917. The van der Waals surface area contributed by atoms with Gasteiger partial charge < -0.3 is 4.74 Å². The van der Waals surface area contributed by atoms with Crippen molar-refractivity contribution in [1.29, 1.82) is 0 Å². The largest absolute Gasteiger partial charge is 0.462 e. The fourth-order valence-electron chi connectivity index (χ4n) is 1.30. The van der Waals surface area contributed by atoms with Gasteiger partial charge in [0.1, 0.15) is 0 Å². The van der Waals surface area contributed by atoms with Crippen LogP contribution in [-0.2, 0) is 9.53 Å². The molecule has 0 saturated heterocycles. The summed E-state index contributed by atoms with van der Waals surface area (Å²) in [5.74, 6) is -0.119. The van der Waals surface area contributed by atoms with E-state index in [0.29, 0.717) is 0 Å². The summed E-state index contributed by atoms with van der Waals surface area (Å²) in [5, 5.41) is 0. The van der Waals surface area contributed by atoms with Crippen molar-refractivity contribution in [1.82, 2.24) is 0 Å². The van der Waals surface area contributed by atoms with Crippen molar-refractivity contribution in [2.24, 2.45) is 11.3 Å². The van der Waals surface area contributed by atoms with E-state index >= 15 is 0 Å². The number of carbonyl (C=O) groups excluding carboxylic acids is 1. The lowest BCUT2D eigenvalue weighted by molar-refractivity contribution is -0.153. The first-order chi connectivity index (χ1) is 6.28. The van der Waals surface area contributed by atoms with Crippen LogP contribution in [0.4, 0.5) is 0 Å². The van der Waals surface area contributed by atoms with E-state index in [9.17, 15) is 4.79 Å². The van der Waals surface area contributed by atoms with Crippen LogP contribution in [0.1, 0.15) is 54.4 Å². The predicted octanol–water partition coefficient (Wildman–Crippen LogP) is 3.40. The Hall–Kier alpha value is -0.530. The Labute approximate surface area is 88.0 Å². The summed E-state index contributed by atoms with van der Waals surface area (Å²) >= 11 is 0. The van der Waals surface area contributed by atoms with Gasteiger partial charge in [0.2, 0.25) is 0 Å². The summed E-state index contributed by atoms with van der Waals surface area (Å²) in [4.78, 5) is 11.3. The van der Waals surface area contributed by atoms with Gasteiger partial charge in [-0.2, -0.15) is 0 Å². The fourth-order valence-corrected chi connectivity index (χ4v) is 1.30. The molecule has 0 spiro atoms. The molecule has 2 heteroatoms. The Morgan fingerprint density at radius 2 is 1.79 bits per heavy atom. The number of rotatable bonds is 5. The molecule has 0 aliphatic rings. The Morgan fingerprint density at radius 1 is 1.29 bits per heavy atom. The normalized spacial score (nSPS) is 14.2. The predicted molar refractivity (Wildman–Crippen MR) is 59.1 cm³/mol. The molecule has 0 aromatic rings. The first-order valence-electron chi connectivity index (χ1n) is 5.49. The molecule has 84 valence electrons. The zero-order valence-electron chi connectivity index (χ0n) is 10.4. The molecule has 0 saturated carbocycles. The van der Waals surface area contributed by atoms with Crippen molar-refractivity contribution >= 4 is 5.97 Å². The third-order valence-electron chi connectivity index (χ3n) is 2.59. The van der Waals surface area contributed by atoms with Crippen molar-refractivity contribution in [3.8, 4) is 0 Å². The van der Waals surface area contributed by atoms with Gasteiger partial charge in [-0.3, -0.25) is 4.79 Å². The van der Waals surface area contributed by atoms with Crippen LogP contribution < -0.4 is 0 Å². The molecule has 0 bridgehead atoms. The monoisotopic (exact) mass is 200 g/mol. The highest BCUT2D eigenvalue weighted by atomic mass is 16.5. The lowest BCUT2D eigenvalue weighted by Gasteiger charge is -2.26. The number of ether oxygens (including phenoxy) is 1. The number of esters is 1. The highest BCUT2D eigenvalue weighted by Gasteiger charge is 2.21. The Balaban J connectivity index is 3.98. The zero-order chi connectivity index (χ0) is 11.4. The van der Waals surface area contributed by atoms with Crippen LogP contribution in [0.2, 0.25) is 0 Å². The lowest BCUT2D eigenvalue weighted by Crippen LogP contribution is -2.24. The molecule has 14 heavy (non-hydrogen) atoms. The SMILES string of the molecule is CCC(C)(C)CC(C)OC(=O)C(C)C. The van der Waals surface area contributed by atoms with E-state index < -0.39 is 0 Å². The highest BCUT2D eigenvalue weighted by molar-refractivity contribution is 5.71. The van der Waals surface area contributed by atoms with Gasteiger partial charge in [0.25, 0.3) is 0 Å². The molecular formula is C12H24O2. The summed E-state index contributed by atoms with van der Waals surface area (Å²) in [6.07, 6.45) is 2.07. The van der Waals surface area contributed by atoms with E-state index in [4.69, 9.17) is 4.74 Å². The number of hydrogen-bond acceptors (Lipinski definition) is 2. The van der Waals surface area contributed by atoms with Crippen molar-refractivity contribution in [2.45, 2.75) is 60.5 Å². The highest BCUT2D eigenvalue weighted by Crippen LogP contribution is 2.27. The number of carbonyl (C=O) groups is 1. The summed E-state index contributed by atoms with van der Waals surface area (Å²) < 4.78 is 5.31. The van der Waals surface area contributed by atoms with Crippen LogP contribution in [0, 0.1) is 11.3 Å². The number of hydrogen-bond donors (Lipinski definition) is 0. The Morgan fingerprint density at radius 3 is 2.14 bits per heavy atom. The van der Waals surface area contributed by atoms with E-state index in [1.165, 1.54) is 0 Å². The van der Waals surface area contributed by atoms with Crippen LogP contribution in [-0.4, -0.2) is 12.1 Å². The van der Waals surface area contributed by atoms with Gasteiger partial charge in [0, 0.05) is 0 Å². The van der Waals surface area contributed by atoms with Gasteiger partial charge in [0.15, 0.2) is 0 Å². The van der Waals surface area contributed by atoms with E-state index in [-0.39, 0.29) is 23.4 Å². The molecule has 0 N–H and O–H groups in total. The average molecular weight is 200 g/mol. The van der Waals surface area contributed by atoms with Crippen LogP contribution in [0.5, 0.6) is 0 Å². The quantitative estimate of drug-likeness (QED) is 0.636. The standard InChI is InChI=1S/C12H24O2/c1-7-12(5,6)8-10(4)14-11(13)9(2)3/h9-10H,7-8H2,1-6H3. The van der Waals surface area contributed by atoms with Gasteiger partial charge in [-0.1, -0.05) is 41.0 Å². The zero-order valence-corrected chi connectivity index (χ0v) is 10.4. The van der Waals surface area contributed by atoms with E-state index in [1.54, 1.807) is 0 Å². The molecule has 0 fully saturated rings. The van der Waals surface area contributed by atoms with E-state index in [0.717, 1.165) is 12.8 Å². The van der Waals surface area contributed by atoms with Crippen molar-refractivity contribution in [3.05, 3.63) is 0 Å². The molecule has 0 rings (SSSR count). The lowest BCUT2D eigenvalue weighted by atomic mass is 9.84. The maximum atomic E-state index is 11.3. The molecule has 0 aromatic carbocycles. The molecule has 0 heterocycles. The second-order valence-electron chi connectivity index (χ2n) is 5.12. The smallest absolute Gasteiger partial charge is 0.308 e. The van der Waals surface area contributed by atoms with Crippen LogP contribution >= 0.6 is 0 Å². The van der Waals surface area contributed by atoms with Gasteiger partial charge in [-0.15, -0.1) is 0 Å². The van der Waals surface area contributed by atoms with E-state index in [1.807, 2.05) is 20.8 Å². The van der Waals surface area contributed by atoms with Gasteiger partial charge in [0.05, 0.1) is 12.0 Å². The first kappa shape index (κ1) is 13.5. The molecule has 0 radical (unpaired) electrons. The van der Waals surface area contributed by atoms with Crippen molar-refractivity contribution in [3.63, 3.8) is 0 Å². The minimum Gasteiger partial charge on any atom is -0.462 e. The minimum absolute atomic E-state index is 0.0258. The molecule has 1 atom stereocenters. The van der Waals surface area contributed by atoms with E-state index in [2.05, 4.69) is 20.8 Å². The second kappa shape index (κ2) is 5.38. The van der Waals surface area contributed by atoms with Crippen LogP contribution in [0.3, 0.4) is 0 Å². The molecular weight excluding hydrogens is 176 g/mol. The maximum Gasteiger partial charge on any atom is 0.308 e. The third-order valence-corrected chi connectivity index (χ3v) is 2.59. The molecule has 0 amide bonds. The Kier molecular flexibility index (Phi) is 5.17. The summed E-state index contributed by atoms with van der Waals surface area (Å²) in [6.45, 7) is 12.3. The molecule has 0 aliphatic heterocycles. The van der Waals surface area contributed by atoms with Gasteiger partial charge in [-0.05, 0) is 18.8 Å². The van der Waals surface area contributed by atoms with Crippen LogP contribution in [0.15, 0.2) is 0 Å². The molecule has 0 aliphatic carbocycles. The van der Waals surface area contributed by atoms with Crippen LogP contribution in [0.25, 0.3) is 0 Å². The minimum atomic E-state index is -0.0931. The Bertz CT molecular complexity index is 183. The molecule has 2 nitrogen and oxygen atoms in total. The summed E-state index contributed by atoms with van der Waals surface area (Å²) in [7, 11) is 0. The summed E-state index contributed by atoms with van der Waals surface area (Å²) in [5.41, 5.74) is 0.261. The average Bonchev–Trinajstić information content (AvgIpc) is 2.02. The second-order valence-corrected chi connectivity index (χ2v) is 5.12. The molecule has 1 unspecified atom stereocenters. The topological polar surface area (TPSA) is 26.3 Å². The maximum absolute atomic E-state index is 11.3. The van der Waals surface area contributed by atoms with Crippen molar-refractivity contribution in [2.75, 3.05) is 0 Å². The first-order valence-corrected chi connectivity index (χ1v) is 5.49. The van der Waals surface area contributed by atoms with Gasteiger partial charge in [-0.25, -0.2) is 0 Å². The summed E-state index contributed by atoms with van der Waals surface area (Å²) in [6, 6.07) is 0. The third kappa shape index (κ3) is 5.25. The van der Waals surface area contributed by atoms with Gasteiger partial charge >= 0.3 is 5.97 Å². The van der Waals surface area contributed by atoms with Crippen molar-refractivity contribution < 1.29 is 9.53 Å². The molecule has 0 aromatic heterocycles.